The first-order valence-electron chi connectivity index (χ1n) is 7.29. The average molecular weight is 375 g/mol. The lowest BCUT2D eigenvalue weighted by Gasteiger charge is -2.33. The van der Waals surface area contributed by atoms with Gasteiger partial charge in [0.15, 0.2) is 0 Å². The van der Waals surface area contributed by atoms with Crippen molar-refractivity contribution in [3.63, 3.8) is 0 Å². The Balaban J connectivity index is 2.17. The van der Waals surface area contributed by atoms with Crippen LogP contribution in [-0.4, -0.2) is 15.0 Å². The van der Waals surface area contributed by atoms with Crippen molar-refractivity contribution < 1.29 is 8.42 Å². The molecule has 1 saturated carbocycles. The van der Waals surface area contributed by atoms with Gasteiger partial charge in [0.1, 0.15) is 0 Å². The minimum absolute atomic E-state index is 0.0696. The van der Waals surface area contributed by atoms with Gasteiger partial charge in [-0.25, -0.2) is 13.1 Å². The van der Waals surface area contributed by atoms with Crippen LogP contribution in [0, 0.1) is 12.3 Å². The van der Waals surface area contributed by atoms with Gasteiger partial charge in [-0.1, -0.05) is 26.2 Å². The molecule has 0 atom stereocenters. The number of nitrogen functional groups attached to an aromatic ring is 1. The highest BCUT2D eigenvalue weighted by Gasteiger charge is 2.29. The molecule has 4 nitrogen and oxygen atoms in total. The third-order valence-electron chi connectivity index (χ3n) is 4.33. The first kappa shape index (κ1) is 16.8. The van der Waals surface area contributed by atoms with Crippen LogP contribution in [0.1, 0.15) is 44.6 Å². The van der Waals surface area contributed by atoms with E-state index in [9.17, 15) is 8.42 Å². The standard InChI is InChI=1S/C15H23BrN2O2S/c1-11-8-12(16)13(17)9-14(11)21(19,20)18-10-15(2)6-4-3-5-7-15/h8-9,18H,3-7,10,17H2,1-2H3. The monoisotopic (exact) mass is 374 g/mol. The molecule has 0 spiro atoms. The summed E-state index contributed by atoms with van der Waals surface area (Å²) in [5, 5.41) is 0. The summed E-state index contributed by atoms with van der Waals surface area (Å²) in [6.07, 6.45) is 5.78. The lowest BCUT2D eigenvalue weighted by atomic mass is 9.76. The van der Waals surface area contributed by atoms with E-state index in [4.69, 9.17) is 5.73 Å². The van der Waals surface area contributed by atoms with Gasteiger partial charge in [0.2, 0.25) is 10.0 Å². The Morgan fingerprint density at radius 3 is 2.52 bits per heavy atom. The highest BCUT2D eigenvalue weighted by molar-refractivity contribution is 9.10. The Bertz CT molecular complexity index is 623. The highest BCUT2D eigenvalue weighted by Crippen LogP contribution is 2.35. The predicted molar refractivity (Wildman–Crippen MR) is 89.7 cm³/mol. The maximum atomic E-state index is 12.5. The molecular formula is C15H23BrN2O2S. The Morgan fingerprint density at radius 1 is 1.29 bits per heavy atom. The first-order valence-corrected chi connectivity index (χ1v) is 9.56. The normalized spacial score (nSPS) is 18.6. The molecule has 0 bridgehead atoms. The molecule has 2 rings (SSSR count). The van der Waals surface area contributed by atoms with Crippen molar-refractivity contribution in [1.82, 2.24) is 4.72 Å². The molecule has 1 aliphatic rings. The molecule has 1 aliphatic carbocycles. The number of nitrogens with two attached hydrogens (primary N) is 1. The molecule has 118 valence electrons. The number of anilines is 1. The number of hydrogen-bond acceptors (Lipinski definition) is 3. The quantitative estimate of drug-likeness (QED) is 0.790. The predicted octanol–water partition coefficient (Wildman–Crippen LogP) is 3.59. The molecule has 1 aromatic carbocycles. The van der Waals surface area contributed by atoms with Crippen LogP contribution in [-0.2, 0) is 10.0 Å². The van der Waals surface area contributed by atoms with Crippen molar-refractivity contribution in [3.05, 3.63) is 22.2 Å². The van der Waals surface area contributed by atoms with Crippen LogP contribution in [0.5, 0.6) is 0 Å². The van der Waals surface area contributed by atoms with Gasteiger partial charge in [0.05, 0.1) is 4.90 Å². The second kappa shape index (κ2) is 6.26. The molecule has 0 unspecified atom stereocenters. The van der Waals surface area contributed by atoms with Crippen molar-refractivity contribution in [2.75, 3.05) is 12.3 Å². The van der Waals surface area contributed by atoms with Crippen molar-refractivity contribution >= 4 is 31.6 Å². The minimum Gasteiger partial charge on any atom is -0.398 e. The van der Waals surface area contributed by atoms with Crippen molar-refractivity contribution in [3.8, 4) is 0 Å². The zero-order chi connectivity index (χ0) is 15.7. The Kier molecular flexibility index (Phi) is 5.00. The van der Waals surface area contributed by atoms with E-state index in [1.54, 1.807) is 13.0 Å². The van der Waals surface area contributed by atoms with Crippen LogP contribution in [0.2, 0.25) is 0 Å². The third kappa shape index (κ3) is 3.99. The summed E-state index contributed by atoms with van der Waals surface area (Å²) in [5.74, 6) is 0. The maximum absolute atomic E-state index is 12.5. The van der Waals surface area contributed by atoms with Gasteiger partial charge in [-0.2, -0.15) is 0 Å². The van der Waals surface area contributed by atoms with Gasteiger partial charge < -0.3 is 5.73 Å². The zero-order valence-electron chi connectivity index (χ0n) is 12.6. The number of rotatable bonds is 4. The van der Waals surface area contributed by atoms with Gasteiger partial charge in [0.25, 0.3) is 0 Å². The molecule has 0 heterocycles. The maximum Gasteiger partial charge on any atom is 0.240 e. The van der Waals surface area contributed by atoms with E-state index in [0.29, 0.717) is 17.8 Å². The molecule has 3 N–H and O–H groups in total. The fourth-order valence-electron chi connectivity index (χ4n) is 2.89. The second-order valence-corrected chi connectivity index (χ2v) is 8.92. The Labute approximate surface area is 135 Å². The third-order valence-corrected chi connectivity index (χ3v) is 6.56. The number of halogens is 1. The number of nitrogens with one attached hydrogen (secondary N) is 1. The van der Waals surface area contributed by atoms with Gasteiger partial charge in [-0.15, -0.1) is 0 Å². The summed E-state index contributed by atoms with van der Waals surface area (Å²) in [7, 11) is -3.52. The first-order chi connectivity index (χ1) is 9.73. The molecule has 0 aliphatic heterocycles. The Hall–Kier alpha value is -0.590. The van der Waals surface area contributed by atoms with Crippen molar-refractivity contribution in [2.24, 2.45) is 5.41 Å². The number of benzene rings is 1. The molecule has 0 amide bonds. The lowest BCUT2D eigenvalue weighted by molar-refractivity contribution is 0.219. The second-order valence-electron chi connectivity index (χ2n) is 6.34. The van der Waals surface area contributed by atoms with Gasteiger partial charge in [-0.3, -0.25) is 0 Å². The van der Waals surface area contributed by atoms with Crippen LogP contribution < -0.4 is 10.5 Å². The minimum atomic E-state index is -3.52. The molecule has 0 aromatic heterocycles. The summed E-state index contributed by atoms with van der Waals surface area (Å²) in [5.41, 5.74) is 7.01. The number of hydrogen-bond donors (Lipinski definition) is 2. The van der Waals surface area contributed by atoms with E-state index < -0.39 is 10.0 Å². The average Bonchev–Trinajstić information content (AvgIpc) is 2.42. The molecule has 6 heteroatoms. The van der Waals surface area contributed by atoms with Crippen LogP contribution >= 0.6 is 15.9 Å². The van der Waals surface area contributed by atoms with Crippen LogP contribution in [0.15, 0.2) is 21.5 Å². The largest absolute Gasteiger partial charge is 0.398 e. The SMILES string of the molecule is Cc1cc(Br)c(N)cc1S(=O)(=O)NCC1(C)CCCCC1. The molecule has 21 heavy (non-hydrogen) atoms. The van der Waals surface area contributed by atoms with E-state index in [-0.39, 0.29) is 10.3 Å². The van der Waals surface area contributed by atoms with Gasteiger partial charge in [0, 0.05) is 16.7 Å². The number of sulfonamides is 1. The Morgan fingerprint density at radius 2 is 1.90 bits per heavy atom. The van der Waals surface area contributed by atoms with Crippen molar-refractivity contribution in [2.45, 2.75) is 50.8 Å². The van der Waals surface area contributed by atoms with Crippen LogP contribution in [0.4, 0.5) is 5.69 Å². The van der Waals surface area contributed by atoms with E-state index in [1.807, 2.05) is 0 Å². The van der Waals surface area contributed by atoms with Crippen LogP contribution in [0.25, 0.3) is 0 Å². The van der Waals surface area contributed by atoms with Crippen LogP contribution in [0.3, 0.4) is 0 Å². The molecule has 0 saturated heterocycles. The molecule has 1 fully saturated rings. The summed E-state index contributed by atoms with van der Waals surface area (Å²) < 4.78 is 28.5. The van der Waals surface area contributed by atoms with E-state index in [1.165, 1.54) is 25.3 Å². The fraction of sp³-hybridized carbons (Fsp3) is 0.600. The highest BCUT2D eigenvalue weighted by atomic mass is 79.9. The summed E-state index contributed by atoms with van der Waals surface area (Å²) >= 11 is 3.32. The van der Waals surface area contributed by atoms with Gasteiger partial charge in [-0.05, 0) is 58.8 Å². The molecule has 1 aromatic rings. The smallest absolute Gasteiger partial charge is 0.240 e. The summed E-state index contributed by atoms with van der Waals surface area (Å²) in [6.45, 7) is 4.43. The van der Waals surface area contributed by atoms with Gasteiger partial charge >= 0.3 is 0 Å². The topological polar surface area (TPSA) is 72.2 Å². The van der Waals surface area contributed by atoms with E-state index in [2.05, 4.69) is 27.6 Å². The molecular weight excluding hydrogens is 352 g/mol. The zero-order valence-corrected chi connectivity index (χ0v) is 15.0. The summed E-state index contributed by atoms with van der Waals surface area (Å²) in [6, 6.07) is 3.26. The molecule has 0 radical (unpaired) electrons. The summed E-state index contributed by atoms with van der Waals surface area (Å²) in [4.78, 5) is 0.266. The number of aryl methyl sites for hydroxylation is 1. The van der Waals surface area contributed by atoms with E-state index >= 15 is 0 Å². The lowest BCUT2D eigenvalue weighted by Crippen LogP contribution is -2.37. The van der Waals surface area contributed by atoms with Crippen molar-refractivity contribution in [1.29, 1.82) is 0 Å². The van der Waals surface area contributed by atoms with E-state index in [0.717, 1.165) is 17.3 Å². The fourth-order valence-corrected chi connectivity index (χ4v) is 4.80.